The first-order valence-electron chi connectivity index (χ1n) is 11.6. The fourth-order valence-corrected chi connectivity index (χ4v) is 4.14. The third-order valence-corrected chi connectivity index (χ3v) is 6.12. The largest absolute Gasteiger partial charge is 0.484 e. The summed E-state index contributed by atoms with van der Waals surface area (Å²) in [7, 11) is 0. The maximum atomic E-state index is 13.5. The van der Waals surface area contributed by atoms with Crippen molar-refractivity contribution in [2.75, 3.05) is 13.2 Å². The van der Waals surface area contributed by atoms with Gasteiger partial charge in [-0.15, -0.1) is 0 Å². The van der Waals surface area contributed by atoms with Crippen LogP contribution in [-0.2, 0) is 22.6 Å². The highest BCUT2D eigenvalue weighted by atomic mass is 79.9. The highest BCUT2D eigenvalue weighted by molar-refractivity contribution is 9.10. The van der Waals surface area contributed by atoms with Crippen LogP contribution in [0.3, 0.4) is 0 Å². The van der Waals surface area contributed by atoms with Gasteiger partial charge < -0.3 is 15.0 Å². The molecule has 0 bridgehead atoms. The molecule has 184 valence electrons. The Kier molecular flexibility index (Phi) is 10.2. The first-order chi connectivity index (χ1) is 16.8. The average Bonchev–Trinajstić information content (AvgIpc) is 2.85. The van der Waals surface area contributed by atoms with E-state index in [0.717, 1.165) is 15.6 Å². The number of hydrogen-bond donors (Lipinski definition) is 1. The van der Waals surface area contributed by atoms with E-state index in [4.69, 9.17) is 16.3 Å². The van der Waals surface area contributed by atoms with Crippen molar-refractivity contribution in [3.63, 3.8) is 0 Å². The van der Waals surface area contributed by atoms with E-state index < -0.39 is 6.04 Å². The molecular formula is C28H30BrClN2O3. The summed E-state index contributed by atoms with van der Waals surface area (Å²) in [6.45, 7) is 4.69. The van der Waals surface area contributed by atoms with Gasteiger partial charge in [0, 0.05) is 29.0 Å². The third-order valence-electron chi connectivity index (χ3n) is 5.37. The summed E-state index contributed by atoms with van der Waals surface area (Å²) in [6, 6.07) is 23.6. The van der Waals surface area contributed by atoms with Crippen molar-refractivity contribution < 1.29 is 14.3 Å². The summed E-state index contributed by atoms with van der Waals surface area (Å²) in [5.41, 5.74) is 1.89. The predicted molar refractivity (Wildman–Crippen MR) is 143 cm³/mol. The molecule has 1 N–H and O–H groups in total. The molecule has 35 heavy (non-hydrogen) atoms. The number of nitrogens with zero attached hydrogens (tertiary/aromatic N) is 1. The zero-order valence-corrected chi connectivity index (χ0v) is 22.3. The summed E-state index contributed by atoms with van der Waals surface area (Å²) in [5, 5.41) is 3.61. The summed E-state index contributed by atoms with van der Waals surface area (Å²) in [5.74, 6) is 0.366. The van der Waals surface area contributed by atoms with Crippen LogP contribution in [0.1, 0.15) is 25.0 Å². The van der Waals surface area contributed by atoms with Gasteiger partial charge in [0.15, 0.2) is 6.61 Å². The van der Waals surface area contributed by atoms with Gasteiger partial charge in [-0.05, 0) is 53.4 Å². The zero-order chi connectivity index (χ0) is 25.2. The Labute approximate surface area is 220 Å². The van der Waals surface area contributed by atoms with Crippen molar-refractivity contribution in [3.8, 4) is 5.75 Å². The molecular weight excluding hydrogens is 528 g/mol. The molecule has 0 aliphatic carbocycles. The fourth-order valence-electron chi connectivity index (χ4n) is 3.57. The molecule has 7 heteroatoms. The van der Waals surface area contributed by atoms with Gasteiger partial charge in [0.1, 0.15) is 11.8 Å². The highest BCUT2D eigenvalue weighted by Gasteiger charge is 2.30. The minimum Gasteiger partial charge on any atom is -0.484 e. The van der Waals surface area contributed by atoms with Gasteiger partial charge in [-0.25, -0.2) is 0 Å². The van der Waals surface area contributed by atoms with Crippen LogP contribution in [0.25, 0.3) is 0 Å². The van der Waals surface area contributed by atoms with Crippen LogP contribution in [-0.4, -0.2) is 35.9 Å². The smallest absolute Gasteiger partial charge is 0.261 e. The predicted octanol–water partition coefficient (Wildman–Crippen LogP) is 5.89. The molecule has 0 unspecified atom stereocenters. The molecule has 3 rings (SSSR count). The van der Waals surface area contributed by atoms with Crippen molar-refractivity contribution in [3.05, 3.63) is 99.5 Å². The van der Waals surface area contributed by atoms with E-state index >= 15 is 0 Å². The van der Waals surface area contributed by atoms with Crippen molar-refractivity contribution >= 4 is 39.3 Å². The van der Waals surface area contributed by atoms with Gasteiger partial charge in [-0.2, -0.15) is 0 Å². The first-order valence-corrected chi connectivity index (χ1v) is 12.7. The van der Waals surface area contributed by atoms with E-state index in [1.165, 1.54) is 0 Å². The number of carbonyl (C=O) groups excluding carboxylic acids is 2. The second-order valence-electron chi connectivity index (χ2n) is 8.74. The molecule has 0 aromatic heterocycles. The van der Waals surface area contributed by atoms with Gasteiger partial charge in [0.25, 0.3) is 5.91 Å². The second kappa shape index (κ2) is 13.3. The third kappa shape index (κ3) is 8.71. The second-order valence-corrected chi connectivity index (χ2v) is 10.1. The lowest BCUT2D eigenvalue weighted by Crippen LogP contribution is -2.52. The van der Waals surface area contributed by atoms with E-state index in [0.29, 0.717) is 29.7 Å². The van der Waals surface area contributed by atoms with Crippen LogP contribution in [0.4, 0.5) is 0 Å². The number of nitrogens with one attached hydrogen (secondary N) is 1. The number of ether oxygens (including phenoxy) is 1. The highest BCUT2D eigenvalue weighted by Crippen LogP contribution is 2.19. The SMILES string of the molecule is CC(C)CNC(=O)[C@H](Cc1ccccc1)N(Cc1cccc(Br)c1)C(=O)COc1ccc(Cl)cc1. The molecule has 3 aromatic rings. The topological polar surface area (TPSA) is 58.6 Å². The molecule has 5 nitrogen and oxygen atoms in total. The summed E-state index contributed by atoms with van der Waals surface area (Å²) in [4.78, 5) is 28.5. The van der Waals surface area contributed by atoms with Gasteiger partial charge in [-0.1, -0.05) is 83.8 Å². The molecule has 0 fully saturated rings. The van der Waals surface area contributed by atoms with Gasteiger partial charge in [0.2, 0.25) is 5.91 Å². The lowest BCUT2D eigenvalue weighted by molar-refractivity contribution is -0.142. The van der Waals surface area contributed by atoms with Gasteiger partial charge in [0.05, 0.1) is 0 Å². The molecule has 0 saturated heterocycles. The van der Waals surface area contributed by atoms with Gasteiger partial charge >= 0.3 is 0 Å². The zero-order valence-electron chi connectivity index (χ0n) is 19.9. The fraction of sp³-hybridized carbons (Fsp3) is 0.286. The number of rotatable bonds is 11. The summed E-state index contributed by atoms with van der Waals surface area (Å²) >= 11 is 9.45. The molecule has 0 aliphatic rings. The van der Waals surface area contributed by atoms with Crippen LogP contribution in [0.5, 0.6) is 5.75 Å². The average molecular weight is 558 g/mol. The van der Waals surface area contributed by atoms with Crippen LogP contribution in [0.15, 0.2) is 83.3 Å². The first kappa shape index (κ1) is 26.8. The minimum atomic E-state index is -0.698. The van der Waals surface area contributed by atoms with Crippen molar-refractivity contribution in [1.82, 2.24) is 10.2 Å². The van der Waals surface area contributed by atoms with E-state index in [1.54, 1.807) is 29.2 Å². The summed E-state index contributed by atoms with van der Waals surface area (Å²) in [6.07, 6.45) is 0.394. The number of amides is 2. The Morgan fingerprint density at radius 2 is 1.66 bits per heavy atom. The lowest BCUT2D eigenvalue weighted by Gasteiger charge is -2.31. The molecule has 3 aromatic carbocycles. The Hall–Kier alpha value is -2.83. The molecule has 0 heterocycles. The number of benzene rings is 3. The monoisotopic (exact) mass is 556 g/mol. The number of hydrogen-bond acceptors (Lipinski definition) is 3. The van der Waals surface area contributed by atoms with Crippen molar-refractivity contribution in [2.24, 2.45) is 5.92 Å². The maximum Gasteiger partial charge on any atom is 0.261 e. The van der Waals surface area contributed by atoms with E-state index in [2.05, 4.69) is 21.2 Å². The Balaban J connectivity index is 1.89. The Morgan fingerprint density at radius 1 is 0.971 bits per heavy atom. The Morgan fingerprint density at radius 3 is 2.31 bits per heavy atom. The molecule has 0 saturated carbocycles. The van der Waals surface area contributed by atoms with Crippen molar-refractivity contribution in [1.29, 1.82) is 0 Å². The molecule has 0 aliphatic heterocycles. The Bertz CT molecular complexity index is 1110. The van der Waals surface area contributed by atoms with Crippen LogP contribution >= 0.6 is 27.5 Å². The minimum absolute atomic E-state index is 0.183. The van der Waals surface area contributed by atoms with Crippen molar-refractivity contribution in [2.45, 2.75) is 32.9 Å². The normalized spacial score (nSPS) is 11.7. The maximum absolute atomic E-state index is 13.5. The van der Waals surface area contributed by atoms with E-state index in [-0.39, 0.29) is 25.0 Å². The molecule has 2 amide bonds. The molecule has 1 atom stereocenters. The number of carbonyl (C=O) groups is 2. The quantitative estimate of drug-likeness (QED) is 0.320. The standard InChI is InChI=1S/C28H30BrClN2O3/c1-20(2)17-31-28(34)26(16-21-7-4-3-5-8-21)32(18-22-9-6-10-23(29)15-22)27(33)19-35-25-13-11-24(30)12-14-25/h3-15,20,26H,16-19H2,1-2H3,(H,31,34)/t26-/m0/s1. The molecule has 0 radical (unpaired) electrons. The van der Waals surface area contributed by atoms with E-state index in [1.807, 2.05) is 68.4 Å². The number of halogens is 2. The van der Waals surface area contributed by atoms with Crippen LogP contribution in [0.2, 0.25) is 5.02 Å². The van der Waals surface area contributed by atoms with Crippen LogP contribution in [0, 0.1) is 5.92 Å². The van der Waals surface area contributed by atoms with Crippen LogP contribution < -0.4 is 10.1 Å². The van der Waals surface area contributed by atoms with E-state index in [9.17, 15) is 9.59 Å². The molecule has 0 spiro atoms. The van der Waals surface area contributed by atoms with Gasteiger partial charge in [-0.3, -0.25) is 9.59 Å². The summed E-state index contributed by atoms with van der Waals surface area (Å²) < 4.78 is 6.66. The lowest BCUT2D eigenvalue weighted by atomic mass is 10.0.